The van der Waals surface area contributed by atoms with E-state index in [1.165, 1.54) is 0 Å². The molecule has 102 valence electrons. The molecule has 0 aromatic carbocycles. The number of carbonyl (C=O) groups excluding carboxylic acids is 1. The Morgan fingerprint density at radius 2 is 2.28 bits per heavy atom. The fourth-order valence-electron chi connectivity index (χ4n) is 1.76. The third-order valence-electron chi connectivity index (χ3n) is 2.74. The van der Waals surface area contributed by atoms with E-state index in [9.17, 15) is 4.79 Å². The van der Waals surface area contributed by atoms with E-state index < -0.39 is 5.54 Å². The molecule has 0 aliphatic carbocycles. The number of rotatable bonds is 7. The predicted octanol–water partition coefficient (Wildman–Crippen LogP) is 1.51. The first-order valence-corrected chi connectivity index (χ1v) is 6.44. The first-order chi connectivity index (χ1) is 8.51. The lowest BCUT2D eigenvalue weighted by molar-refractivity contribution is -0.151. The van der Waals surface area contributed by atoms with E-state index >= 15 is 0 Å². The molecule has 1 aromatic rings. The molecule has 1 rings (SSSR count). The van der Waals surface area contributed by atoms with E-state index in [1.54, 1.807) is 4.68 Å². The number of carbonyl (C=O) groups is 1. The third-order valence-corrected chi connectivity index (χ3v) is 2.74. The van der Waals surface area contributed by atoms with Crippen LogP contribution in [0.5, 0.6) is 0 Å². The maximum absolute atomic E-state index is 12.1. The van der Waals surface area contributed by atoms with E-state index in [1.807, 2.05) is 33.0 Å². The summed E-state index contributed by atoms with van der Waals surface area (Å²) in [6, 6.07) is 1.92. The van der Waals surface area contributed by atoms with E-state index in [0.29, 0.717) is 13.2 Å². The summed E-state index contributed by atoms with van der Waals surface area (Å²) in [5.41, 5.74) is 0.210. The highest BCUT2D eigenvalue weighted by atomic mass is 16.5. The van der Waals surface area contributed by atoms with Gasteiger partial charge in [-0.2, -0.15) is 5.10 Å². The van der Waals surface area contributed by atoms with Crippen LogP contribution in [0.25, 0.3) is 0 Å². The molecule has 0 radical (unpaired) electrons. The average Bonchev–Trinajstić information content (AvgIpc) is 2.72. The zero-order chi connectivity index (χ0) is 13.6. The highest BCUT2D eigenvalue weighted by Crippen LogP contribution is 2.11. The minimum atomic E-state index is -0.732. The largest absolute Gasteiger partial charge is 0.465 e. The Hall–Kier alpha value is -1.36. The van der Waals surface area contributed by atoms with Crippen molar-refractivity contribution in [3.63, 3.8) is 0 Å². The van der Waals surface area contributed by atoms with Crippen LogP contribution >= 0.6 is 0 Å². The molecule has 1 unspecified atom stereocenters. The lowest BCUT2D eigenvalue weighted by Crippen LogP contribution is -2.53. The maximum Gasteiger partial charge on any atom is 0.327 e. The van der Waals surface area contributed by atoms with Crippen molar-refractivity contribution in [3.8, 4) is 0 Å². The summed E-state index contributed by atoms with van der Waals surface area (Å²) in [5.74, 6) is -0.230. The van der Waals surface area contributed by atoms with E-state index in [2.05, 4.69) is 17.3 Å². The fourth-order valence-corrected chi connectivity index (χ4v) is 1.76. The second-order valence-electron chi connectivity index (χ2n) is 4.63. The van der Waals surface area contributed by atoms with Gasteiger partial charge in [0.15, 0.2) is 0 Å². The molecule has 0 spiro atoms. The van der Waals surface area contributed by atoms with Gasteiger partial charge in [-0.15, -0.1) is 0 Å². The molecule has 0 amide bonds. The van der Waals surface area contributed by atoms with Gasteiger partial charge in [-0.05, 0) is 39.8 Å². The minimum absolute atomic E-state index is 0.230. The van der Waals surface area contributed by atoms with Crippen molar-refractivity contribution >= 4 is 5.97 Å². The molecule has 0 saturated carbocycles. The third kappa shape index (κ3) is 3.84. The van der Waals surface area contributed by atoms with Gasteiger partial charge in [0.1, 0.15) is 5.54 Å². The second kappa shape index (κ2) is 6.54. The molecule has 0 bridgehead atoms. The van der Waals surface area contributed by atoms with Crippen LogP contribution in [0.4, 0.5) is 0 Å². The van der Waals surface area contributed by atoms with Crippen LogP contribution in [0, 0.1) is 6.92 Å². The number of hydrogen-bond donors (Lipinski definition) is 1. The number of esters is 1. The maximum atomic E-state index is 12.1. The summed E-state index contributed by atoms with van der Waals surface area (Å²) in [7, 11) is 0. The first kappa shape index (κ1) is 14.7. The van der Waals surface area contributed by atoms with E-state index in [4.69, 9.17) is 4.74 Å². The second-order valence-corrected chi connectivity index (χ2v) is 4.63. The summed E-state index contributed by atoms with van der Waals surface area (Å²) in [6.45, 7) is 9.30. The summed E-state index contributed by atoms with van der Waals surface area (Å²) < 4.78 is 6.91. The van der Waals surface area contributed by atoms with Gasteiger partial charge in [0.05, 0.1) is 18.8 Å². The van der Waals surface area contributed by atoms with Crippen LogP contribution < -0.4 is 5.32 Å². The zero-order valence-corrected chi connectivity index (χ0v) is 11.7. The summed E-state index contributed by atoms with van der Waals surface area (Å²) in [4.78, 5) is 12.1. The molecule has 0 aliphatic heterocycles. The molecule has 0 aliphatic rings. The number of nitrogens with zero attached hydrogens (tertiary/aromatic N) is 2. The normalized spacial score (nSPS) is 14.2. The first-order valence-electron chi connectivity index (χ1n) is 6.44. The van der Waals surface area contributed by atoms with Gasteiger partial charge in [-0.1, -0.05) is 6.92 Å². The smallest absolute Gasteiger partial charge is 0.327 e. The monoisotopic (exact) mass is 253 g/mol. The van der Waals surface area contributed by atoms with Gasteiger partial charge in [-0.3, -0.25) is 4.68 Å². The number of ether oxygens (including phenoxy) is 1. The lowest BCUT2D eigenvalue weighted by Gasteiger charge is -2.28. The van der Waals surface area contributed by atoms with Gasteiger partial charge in [0.2, 0.25) is 0 Å². The van der Waals surface area contributed by atoms with Crippen LogP contribution in [-0.2, 0) is 16.1 Å². The van der Waals surface area contributed by atoms with Gasteiger partial charge in [-0.25, -0.2) is 4.79 Å². The number of hydrogen-bond acceptors (Lipinski definition) is 4. The van der Waals surface area contributed by atoms with Crippen molar-refractivity contribution in [3.05, 3.63) is 18.0 Å². The topological polar surface area (TPSA) is 56.2 Å². The number of aryl methyl sites for hydroxylation is 1. The van der Waals surface area contributed by atoms with Crippen molar-refractivity contribution in [2.24, 2.45) is 0 Å². The molecule has 5 heteroatoms. The highest BCUT2D eigenvalue weighted by molar-refractivity contribution is 5.80. The predicted molar refractivity (Wildman–Crippen MR) is 70.3 cm³/mol. The average molecular weight is 253 g/mol. The molecule has 1 atom stereocenters. The van der Waals surface area contributed by atoms with E-state index in [0.717, 1.165) is 18.7 Å². The van der Waals surface area contributed by atoms with Crippen LogP contribution in [0.1, 0.15) is 32.9 Å². The molecule has 0 fully saturated rings. The lowest BCUT2D eigenvalue weighted by atomic mass is 10.0. The minimum Gasteiger partial charge on any atom is -0.465 e. The Balaban J connectivity index is 2.79. The Morgan fingerprint density at radius 1 is 1.56 bits per heavy atom. The Morgan fingerprint density at radius 3 is 2.78 bits per heavy atom. The Kier molecular flexibility index (Phi) is 5.34. The molecule has 18 heavy (non-hydrogen) atoms. The fraction of sp³-hybridized carbons (Fsp3) is 0.692. The van der Waals surface area contributed by atoms with Crippen LogP contribution in [0.2, 0.25) is 0 Å². The van der Waals surface area contributed by atoms with Crippen molar-refractivity contribution in [1.82, 2.24) is 15.1 Å². The van der Waals surface area contributed by atoms with Gasteiger partial charge in [0, 0.05) is 6.20 Å². The summed E-state index contributed by atoms with van der Waals surface area (Å²) >= 11 is 0. The highest BCUT2D eigenvalue weighted by Gasteiger charge is 2.34. The quantitative estimate of drug-likeness (QED) is 0.748. The standard InChI is InChI=1S/C13H23N3O2/c1-5-8-14-13(4,12(17)18-6-2)10-16-9-7-11(3)15-16/h7,9,14H,5-6,8,10H2,1-4H3. The zero-order valence-electron chi connectivity index (χ0n) is 11.7. The van der Waals surface area contributed by atoms with Crippen molar-refractivity contribution in [2.45, 2.75) is 46.2 Å². The molecule has 5 nitrogen and oxygen atoms in total. The van der Waals surface area contributed by atoms with Gasteiger partial charge in [0.25, 0.3) is 0 Å². The van der Waals surface area contributed by atoms with Crippen molar-refractivity contribution in [1.29, 1.82) is 0 Å². The number of nitrogens with one attached hydrogen (secondary N) is 1. The van der Waals surface area contributed by atoms with Crippen molar-refractivity contribution in [2.75, 3.05) is 13.2 Å². The molecular weight excluding hydrogens is 230 g/mol. The Labute approximate surface area is 109 Å². The summed E-state index contributed by atoms with van der Waals surface area (Å²) in [6.07, 6.45) is 2.84. The van der Waals surface area contributed by atoms with Crippen LogP contribution in [-0.4, -0.2) is 34.4 Å². The van der Waals surface area contributed by atoms with Crippen molar-refractivity contribution < 1.29 is 9.53 Å². The van der Waals surface area contributed by atoms with Crippen LogP contribution in [0.3, 0.4) is 0 Å². The molecule has 0 saturated heterocycles. The summed E-state index contributed by atoms with van der Waals surface area (Å²) in [5, 5.41) is 7.57. The number of aromatic nitrogens is 2. The SMILES string of the molecule is CCCNC(C)(Cn1ccc(C)n1)C(=O)OCC. The van der Waals surface area contributed by atoms with Gasteiger partial charge >= 0.3 is 5.97 Å². The molecule has 1 N–H and O–H groups in total. The Bertz CT molecular complexity index is 389. The molecule has 1 heterocycles. The van der Waals surface area contributed by atoms with Gasteiger partial charge < -0.3 is 10.1 Å². The van der Waals surface area contributed by atoms with E-state index in [-0.39, 0.29) is 5.97 Å². The molecular formula is C13H23N3O2. The molecule has 1 aromatic heterocycles. The van der Waals surface area contributed by atoms with Crippen LogP contribution in [0.15, 0.2) is 12.3 Å².